The standard InChI is InChI=1S/C23H23N/c1-16-10-12-21-19(14-16)20-15-17(23(2,3)4)11-13-22(20)24(21)18-8-6-5-7-9-18/h5-15H,1-4H3. The van der Waals surface area contributed by atoms with Gasteiger partial charge in [-0.3, -0.25) is 0 Å². The molecule has 0 radical (unpaired) electrons. The van der Waals surface area contributed by atoms with Crippen LogP contribution in [0.2, 0.25) is 0 Å². The maximum absolute atomic E-state index is 2.37. The van der Waals surface area contributed by atoms with E-state index in [1.54, 1.807) is 0 Å². The molecule has 0 saturated heterocycles. The van der Waals surface area contributed by atoms with Crippen LogP contribution in [0.5, 0.6) is 0 Å². The zero-order valence-electron chi connectivity index (χ0n) is 14.8. The van der Waals surface area contributed by atoms with Gasteiger partial charge >= 0.3 is 0 Å². The van der Waals surface area contributed by atoms with Gasteiger partial charge in [0.15, 0.2) is 0 Å². The lowest BCUT2D eigenvalue weighted by Crippen LogP contribution is -2.10. The highest BCUT2D eigenvalue weighted by Gasteiger charge is 2.17. The molecule has 0 aliphatic rings. The monoisotopic (exact) mass is 313 g/mol. The van der Waals surface area contributed by atoms with Gasteiger partial charge in [-0.05, 0) is 54.3 Å². The van der Waals surface area contributed by atoms with Gasteiger partial charge in [0.25, 0.3) is 0 Å². The Labute approximate surface area is 143 Å². The van der Waals surface area contributed by atoms with E-state index in [0.717, 1.165) is 0 Å². The van der Waals surface area contributed by atoms with Crippen LogP contribution in [0.15, 0.2) is 66.7 Å². The van der Waals surface area contributed by atoms with Crippen LogP contribution >= 0.6 is 0 Å². The summed E-state index contributed by atoms with van der Waals surface area (Å²) in [5.74, 6) is 0. The average Bonchev–Trinajstić information content (AvgIpc) is 2.88. The molecule has 1 nitrogen and oxygen atoms in total. The number of fused-ring (bicyclic) bond motifs is 3. The fourth-order valence-corrected chi connectivity index (χ4v) is 3.46. The highest BCUT2D eigenvalue weighted by Crippen LogP contribution is 2.35. The molecule has 24 heavy (non-hydrogen) atoms. The van der Waals surface area contributed by atoms with E-state index in [-0.39, 0.29) is 5.41 Å². The van der Waals surface area contributed by atoms with Gasteiger partial charge in [-0.25, -0.2) is 0 Å². The van der Waals surface area contributed by atoms with Crippen molar-refractivity contribution in [1.82, 2.24) is 4.57 Å². The lowest BCUT2D eigenvalue weighted by molar-refractivity contribution is 0.591. The summed E-state index contributed by atoms with van der Waals surface area (Å²) in [6.07, 6.45) is 0. The number of nitrogens with zero attached hydrogens (tertiary/aromatic N) is 1. The van der Waals surface area contributed by atoms with Crippen molar-refractivity contribution in [1.29, 1.82) is 0 Å². The third-order valence-corrected chi connectivity index (χ3v) is 4.80. The zero-order valence-corrected chi connectivity index (χ0v) is 14.8. The summed E-state index contributed by atoms with van der Waals surface area (Å²) in [4.78, 5) is 0. The Kier molecular flexibility index (Phi) is 3.28. The van der Waals surface area contributed by atoms with Crippen molar-refractivity contribution in [3.63, 3.8) is 0 Å². The molecule has 120 valence electrons. The molecule has 0 aliphatic carbocycles. The third kappa shape index (κ3) is 2.32. The SMILES string of the molecule is Cc1ccc2c(c1)c1cc(C(C)(C)C)ccc1n2-c1ccccc1. The molecule has 0 atom stereocenters. The Morgan fingerprint density at radius 1 is 0.708 bits per heavy atom. The topological polar surface area (TPSA) is 4.93 Å². The predicted octanol–water partition coefficient (Wildman–Crippen LogP) is 6.39. The fourth-order valence-electron chi connectivity index (χ4n) is 3.46. The molecular weight excluding hydrogens is 290 g/mol. The number of rotatable bonds is 1. The largest absolute Gasteiger partial charge is 0.309 e. The summed E-state index contributed by atoms with van der Waals surface area (Å²) < 4.78 is 2.37. The van der Waals surface area contributed by atoms with Crippen molar-refractivity contribution < 1.29 is 0 Å². The summed E-state index contributed by atoms with van der Waals surface area (Å²) in [6, 6.07) is 24.3. The number of hydrogen-bond donors (Lipinski definition) is 0. The highest BCUT2D eigenvalue weighted by molar-refractivity contribution is 6.09. The molecule has 0 aliphatic heterocycles. The first kappa shape index (κ1) is 15.0. The second-order valence-electron chi connectivity index (χ2n) is 7.67. The van der Waals surface area contributed by atoms with Gasteiger partial charge in [0.05, 0.1) is 11.0 Å². The van der Waals surface area contributed by atoms with Crippen molar-refractivity contribution in [3.05, 3.63) is 77.9 Å². The van der Waals surface area contributed by atoms with E-state index in [1.165, 1.54) is 38.6 Å². The summed E-state index contributed by atoms with van der Waals surface area (Å²) in [5.41, 5.74) is 6.59. The van der Waals surface area contributed by atoms with Gasteiger partial charge in [0.1, 0.15) is 0 Å². The average molecular weight is 313 g/mol. The molecule has 4 rings (SSSR count). The summed E-state index contributed by atoms with van der Waals surface area (Å²) in [7, 11) is 0. The van der Waals surface area contributed by atoms with E-state index in [1.807, 2.05) is 0 Å². The van der Waals surface area contributed by atoms with Crippen LogP contribution < -0.4 is 0 Å². The van der Waals surface area contributed by atoms with E-state index in [2.05, 4.69) is 99.0 Å². The van der Waals surface area contributed by atoms with Gasteiger partial charge < -0.3 is 4.57 Å². The van der Waals surface area contributed by atoms with Gasteiger partial charge in [-0.1, -0.05) is 56.7 Å². The highest BCUT2D eigenvalue weighted by atomic mass is 15.0. The Bertz CT molecular complexity index is 1030. The van der Waals surface area contributed by atoms with Gasteiger partial charge in [0, 0.05) is 16.5 Å². The van der Waals surface area contributed by atoms with Crippen LogP contribution in [0.1, 0.15) is 31.9 Å². The van der Waals surface area contributed by atoms with Crippen LogP contribution in [0.25, 0.3) is 27.5 Å². The van der Waals surface area contributed by atoms with Crippen LogP contribution in [0.3, 0.4) is 0 Å². The van der Waals surface area contributed by atoms with Crippen molar-refractivity contribution in [2.45, 2.75) is 33.1 Å². The Hall–Kier alpha value is -2.54. The number of aryl methyl sites for hydroxylation is 1. The normalized spacial score (nSPS) is 12.2. The molecular formula is C23H23N. The molecule has 0 fully saturated rings. The van der Waals surface area contributed by atoms with Crippen molar-refractivity contribution >= 4 is 21.8 Å². The summed E-state index contributed by atoms with van der Waals surface area (Å²) >= 11 is 0. The lowest BCUT2D eigenvalue weighted by atomic mass is 9.86. The van der Waals surface area contributed by atoms with Gasteiger partial charge in [0.2, 0.25) is 0 Å². The van der Waals surface area contributed by atoms with E-state index in [0.29, 0.717) is 0 Å². The first-order chi connectivity index (χ1) is 11.4. The first-order valence-corrected chi connectivity index (χ1v) is 8.56. The summed E-state index contributed by atoms with van der Waals surface area (Å²) in [5, 5.41) is 2.67. The number of para-hydroxylation sites is 1. The minimum atomic E-state index is 0.152. The number of benzene rings is 3. The Morgan fingerprint density at radius 3 is 2.00 bits per heavy atom. The molecule has 1 heterocycles. The van der Waals surface area contributed by atoms with Crippen LogP contribution in [-0.2, 0) is 5.41 Å². The molecule has 3 aromatic carbocycles. The quantitative estimate of drug-likeness (QED) is 0.384. The molecule has 0 N–H and O–H groups in total. The van der Waals surface area contributed by atoms with Crippen molar-refractivity contribution in [2.24, 2.45) is 0 Å². The van der Waals surface area contributed by atoms with Crippen LogP contribution in [0, 0.1) is 6.92 Å². The third-order valence-electron chi connectivity index (χ3n) is 4.80. The smallest absolute Gasteiger partial charge is 0.0541 e. The Balaban J connectivity index is 2.15. The molecule has 0 spiro atoms. The van der Waals surface area contributed by atoms with Crippen molar-refractivity contribution in [2.75, 3.05) is 0 Å². The van der Waals surface area contributed by atoms with Crippen LogP contribution in [0.4, 0.5) is 0 Å². The van der Waals surface area contributed by atoms with E-state index in [4.69, 9.17) is 0 Å². The molecule has 0 amide bonds. The van der Waals surface area contributed by atoms with E-state index in [9.17, 15) is 0 Å². The first-order valence-electron chi connectivity index (χ1n) is 8.56. The summed E-state index contributed by atoms with van der Waals surface area (Å²) in [6.45, 7) is 8.99. The zero-order chi connectivity index (χ0) is 16.9. The predicted molar refractivity (Wildman–Crippen MR) is 104 cm³/mol. The molecule has 4 aromatic rings. The molecule has 0 saturated carbocycles. The minimum Gasteiger partial charge on any atom is -0.309 e. The minimum absolute atomic E-state index is 0.152. The lowest BCUT2D eigenvalue weighted by Gasteiger charge is -2.19. The number of hydrogen-bond acceptors (Lipinski definition) is 0. The van der Waals surface area contributed by atoms with Gasteiger partial charge in [-0.2, -0.15) is 0 Å². The number of aromatic nitrogens is 1. The second-order valence-corrected chi connectivity index (χ2v) is 7.67. The van der Waals surface area contributed by atoms with Gasteiger partial charge in [-0.15, -0.1) is 0 Å². The second kappa shape index (κ2) is 5.24. The fraction of sp³-hybridized carbons (Fsp3) is 0.217. The molecule has 1 heteroatoms. The maximum Gasteiger partial charge on any atom is 0.0541 e. The molecule has 0 unspecified atom stereocenters. The van der Waals surface area contributed by atoms with E-state index >= 15 is 0 Å². The van der Waals surface area contributed by atoms with Crippen LogP contribution in [-0.4, -0.2) is 4.57 Å². The Morgan fingerprint density at radius 2 is 1.33 bits per heavy atom. The molecule has 1 aromatic heterocycles. The van der Waals surface area contributed by atoms with Crippen molar-refractivity contribution in [3.8, 4) is 5.69 Å². The maximum atomic E-state index is 2.37. The molecule has 0 bridgehead atoms. The van der Waals surface area contributed by atoms with E-state index < -0.39 is 0 Å².